The van der Waals surface area contributed by atoms with Gasteiger partial charge in [0.1, 0.15) is 6.34 Å². The maximum atomic E-state index is 4.93. The van der Waals surface area contributed by atoms with Crippen molar-refractivity contribution < 1.29 is 0 Å². The third-order valence-electron chi connectivity index (χ3n) is 0.249. The van der Waals surface area contributed by atoms with E-state index in [9.17, 15) is 0 Å². The van der Waals surface area contributed by atoms with Crippen LogP contribution in [0.3, 0.4) is 0 Å². The van der Waals surface area contributed by atoms with Gasteiger partial charge < -0.3 is 11.5 Å². The molecule has 0 fully saturated rings. The van der Waals surface area contributed by atoms with E-state index < -0.39 is 0 Å². The first-order valence-corrected chi connectivity index (χ1v) is 1.97. The van der Waals surface area contributed by atoms with Crippen molar-refractivity contribution in [3.05, 3.63) is 0 Å². The van der Waals surface area contributed by atoms with Crippen molar-refractivity contribution in [1.82, 2.24) is 5.43 Å². The zero-order chi connectivity index (χ0) is 5.70. The molecule has 0 aliphatic carbocycles. The van der Waals surface area contributed by atoms with Crippen LogP contribution < -0.4 is 16.9 Å². The molecule has 5 heteroatoms. The van der Waals surface area contributed by atoms with Crippen molar-refractivity contribution in [3.63, 3.8) is 0 Å². The van der Waals surface area contributed by atoms with Crippen molar-refractivity contribution in [3.8, 4) is 0 Å². The van der Waals surface area contributed by atoms with Gasteiger partial charge in [-0.2, -0.15) is 5.10 Å². The fourth-order valence-corrected chi connectivity index (χ4v) is 0.154. The van der Waals surface area contributed by atoms with E-state index in [0.29, 0.717) is 0 Å². The van der Waals surface area contributed by atoms with E-state index in [2.05, 4.69) is 22.7 Å². The lowest BCUT2D eigenvalue weighted by Crippen LogP contribution is -2.24. The summed E-state index contributed by atoms with van der Waals surface area (Å²) < 4.78 is 0. The number of thiocarbonyl (C=S) groups is 1. The molecule has 0 saturated heterocycles. The molecule has 0 aromatic carbocycles. The molecule has 0 amide bonds. The third kappa shape index (κ3) is 5.16. The smallest absolute Gasteiger partial charge is 0.184 e. The Balaban J connectivity index is 3.14. The minimum atomic E-state index is 0.113. The lowest BCUT2D eigenvalue weighted by atomic mass is 11.2. The van der Waals surface area contributed by atoms with Crippen LogP contribution in [0.1, 0.15) is 0 Å². The Labute approximate surface area is 46.6 Å². The van der Waals surface area contributed by atoms with Crippen LogP contribution in [0.2, 0.25) is 0 Å². The Bertz CT molecular complexity index is 87.7. The van der Waals surface area contributed by atoms with Crippen molar-refractivity contribution in [2.24, 2.45) is 16.6 Å². The molecule has 0 spiro atoms. The van der Waals surface area contributed by atoms with Gasteiger partial charge in [-0.15, -0.1) is 0 Å². The number of nitrogens with one attached hydrogen (secondary N) is 1. The molecule has 4 nitrogen and oxygen atoms in total. The van der Waals surface area contributed by atoms with Crippen LogP contribution in [0.25, 0.3) is 0 Å². The Morgan fingerprint density at radius 1 is 1.86 bits per heavy atom. The minimum Gasteiger partial charge on any atom is -0.388 e. The molecule has 5 N–H and O–H groups in total. The second kappa shape index (κ2) is 3.35. The van der Waals surface area contributed by atoms with Gasteiger partial charge in [-0.25, -0.2) is 0 Å². The fraction of sp³-hybridized carbons (Fsp3) is 0. The van der Waals surface area contributed by atoms with Gasteiger partial charge in [0.25, 0.3) is 0 Å². The number of nitrogens with two attached hydrogens (primary N) is 2. The van der Waals surface area contributed by atoms with Gasteiger partial charge >= 0.3 is 0 Å². The van der Waals surface area contributed by atoms with Crippen LogP contribution in [0.15, 0.2) is 5.10 Å². The molecule has 0 radical (unpaired) electrons. The van der Waals surface area contributed by atoms with E-state index in [1.165, 1.54) is 0 Å². The summed E-state index contributed by atoms with van der Waals surface area (Å²) in [6.07, 6.45) is 1.07. The molecule has 0 aliphatic rings. The van der Waals surface area contributed by atoms with Crippen LogP contribution >= 0.6 is 12.2 Å². The average molecular weight is 118 g/mol. The number of nitrogens with zero attached hydrogens (tertiary/aromatic N) is 1. The van der Waals surface area contributed by atoms with Crippen LogP contribution in [-0.2, 0) is 0 Å². The molecule has 0 aliphatic heterocycles. The normalized spacial score (nSPS) is 9.14. The van der Waals surface area contributed by atoms with Crippen molar-refractivity contribution in [2.45, 2.75) is 0 Å². The van der Waals surface area contributed by atoms with E-state index in [0.717, 1.165) is 6.34 Å². The van der Waals surface area contributed by atoms with Gasteiger partial charge in [-0.3, -0.25) is 5.43 Å². The predicted octanol–water partition coefficient (Wildman–Crippen LogP) is -1.28. The molecule has 0 heterocycles. The first-order valence-electron chi connectivity index (χ1n) is 1.56. The van der Waals surface area contributed by atoms with Gasteiger partial charge in [-0.1, -0.05) is 0 Å². The summed E-state index contributed by atoms with van der Waals surface area (Å²) in [4.78, 5) is 0. The molecule has 0 rings (SSSR count). The van der Waals surface area contributed by atoms with Gasteiger partial charge in [0, 0.05) is 0 Å². The summed E-state index contributed by atoms with van der Waals surface area (Å²) >= 11 is 4.36. The molecule has 0 aromatic heterocycles. The SMILES string of the molecule is NC=NNC(N)=S. The van der Waals surface area contributed by atoms with Crippen molar-refractivity contribution in [2.75, 3.05) is 0 Å². The maximum absolute atomic E-state index is 4.93. The van der Waals surface area contributed by atoms with E-state index in [1.54, 1.807) is 0 Å². The first kappa shape index (κ1) is 6.16. The molecule has 0 atom stereocenters. The molecule has 0 saturated carbocycles. The lowest BCUT2D eigenvalue weighted by molar-refractivity contribution is 1.04. The van der Waals surface area contributed by atoms with Gasteiger partial charge in [-0.05, 0) is 12.2 Å². The quantitative estimate of drug-likeness (QED) is 0.173. The van der Waals surface area contributed by atoms with Crippen molar-refractivity contribution in [1.29, 1.82) is 0 Å². The van der Waals surface area contributed by atoms with Crippen LogP contribution in [0.4, 0.5) is 0 Å². The highest BCUT2D eigenvalue weighted by Crippen LogP contribution is 1.52. The summed E-state index contributed by atoms with van der Waals surface area (Å²) in [6, 6.07) is 0. The van der Waals surface area contributed by atoms with Gasteiger partial charge in [0.05, 0.1) is 0 Å². The van der Waals surface area contributed by atoms with Crippen LogP contribution in [-0.4, -0.2) is 11.5 Å². The van der Waals surface area contributed by atoms with Gasteiger partial charge in [0.2, 0.25) is 0 Å². The average Bonchev–Trinajstić information content (AvgIpc) is 1.61. The number of hydrogen-bond acceptors (Lipinski definition) is 2. The summed E-state index contributed by atoms with van der Waals surface area (Å²) in [5, 5.41) is 3.42. The lowest BCUT2D eigenvalue weighted by Gasteiger charge is -1.88. The summed E-state index contributed by atoms with van der Waals surface area (Å²) in [6.45, 7) is 0. The summed E-state index contributed by atoms with van der Waals surface area (Å²) in [7, 11) is 0. The molecular weight excluding hydrogens is 112 g/mol. The Kier molecular flexibility index (Phi) is 2.95. The highest BCUT2D eigenvalue weighted by Gasteiger charge is 1.73. The monoisotopic (exact) mass is 118 g/mol. The highest BCUT2D eigenvalue weighted by atomic mass is 32.1. The molecular formula is C2H6N4S. The molecule has 0 aromatic rings. The Hall–Kier alpha value is -0.840. The van der Waals surface area contributed by atoms with Crippen LogP contribution in [0.5, 0.6) is 0 Å². The van der Waals surface area contributed by atoms with Crippen molar-refractivity contribution >= 4 is 23.7 Å². The predicted molar refractivity (Wildman–Crippen MR) is 32.6 cm³/mol. The highest BCUT2D eigenvalue weighted by molar-refractivity contribution is 7.80. The standard InChI is InChI=1S/C2H6N4S/c3-1-5-6-2(4)7/h1H,(H2,3,5)(H3,4,6,7). The molecule has 0 unspecified atom stereocenters. The van der Waals surface area contributed by atoms with E-state index >= 15 is 0 Å². The van der Waals surface area contributed by atoms with E-state index in [1.807, 2.05) is 0 Å². The summed E-state index contributed by atoms with van der Waals surface area (Å²) in [5.41, 5.74) is 12.0. The van der Waals surface area contributed by atoms with Gasteiger partial charge in [0.15, 0.2) is 5.11 Å². The third-order valence-corrected chi connectivity index (χ3v) is 0.341. The Morgan fingerprint density at radius 2 is 2.43 bits per heavy atom. The molecule has 0 bridgehead atoms. The Morgan fingerprint density at radius 3 is 2.57 bits per heavy atom. The second-order valence-electron chi connectivity index (χ2n) is 0.754. The largest absolute Gasteiger partial charge is 0.388 e. The minimum absolute atomic E-state index is 0.113. The maximum Gasteiger partial charge on any atom is 0.184 e. The second-order valence-corrected chi connectivity index (χ2v) is 1.19. The van der Waals surface area contributed by atoms with E-state index in [-0.39, 0.29) is 5.11 Å². The first-order chi connectivity index (χ1) is 3.27. The number of rotatable bonds is 1. The number of hydrazone groups is 1. The topological polar surface area (TPSA) is 76.4 Å². The zero-order valence-electron chi connectivity index (χ0n) is 3.59. The van der Waals surface area contributed by atoms with E-state index in [4.69, 9.17) is 11.5 Å². The molecule has 7 heavy (non-hydrogen) atoms. The summed E-state index contributed by atoms with van der Waals surface area (Å²) in [5.74, 6) is 0. The number of hydrogen-bond donors (Lipinski definition) is 3. The van der Waals surface area contributed by atoms with Crippen LogP contribution in [0, 0.1) is 0 Å². The molecule has 40 valence electrons. The fourth-order valence-electron chi connectivity index (χ4n) is 0.101. The zero-order valence-corrected chi connectivity index (χ0v) is 4.40.